The van der Waals surface area contributed by atoms with Gasteiger partial charge in [-0.15, -0.1) is 0 Å². The lowest BCUT2D eigenvalue weighted by molar-refractivity contribution is -0.149. The maximum Gasteiger partial charge on any atom is 0.249 e. The molecule has 0 aliphatic heterocycles. The van der Waals surface area contributed by atoms with Crippen LogP contribution in [0.15, 0.2) is 42.0 Å². The number of aliphatic hydroxyl groups is 3. The molecule has 2 amide bonds. The predicted molar refractivity (Wildman–Crippen MR) is 197 cm³/mol. The van der Waals surface area contributed by atoms with Crippen molar-refractivity contribution in [3.8, 4) is 11.5 Å². The third-order valence-electron chi connectivity index (χ3n) is 9.38. The highest BCUT2D eigenvalue weighted by Crippen LogP contribution is 2.38. The summed E-state index contributed by atoms with van der Waals surface area (Å²) in [6.07, 6.45) is 2.12. The second kappa shape index (κ2) is 18.4. The number of ether oxygens (including phenoxy) is 3. The lowest BCUT2D eigenvalue weighted by atomic mass is 9.75. The van der Waals surface area contributed by atoms with Gasteiger partial charge in [0.25, 0.3) is 0 Å². The van der Waals surface area contributed by atoms with Gasteiger partial charge in [0.15, 0.2) is 11.5 Å². The van der Waals surface area contributed by atoms with E-state index in [2.05, 4.69) is 48.7 Å². The SMILES string of the molecule is COc1cc(CO)cc(I)c1O[C@H]1C=C(C(=O)NCCO)C[C@@H](N(Cc2ccc(Cl)c(Cl)c2)C(=O)CO[C@H]2C[C@@H](C)CC[C@@H]2C(C)C)[C@@H]1O. The number of carbonyl (C=O) groups excluding carboxylic acids is 2. The highest BCUT2D eigenvalue weighted by atomic mass is 127. The summed E-state index contributed by atoms with van der Waals surface area (Å²) in [5.41, 5.74) is 1.57. The lowest BCUT2D eigenvalue weighted by Gasteiger charge is -2.41. The third-order valence-corrected chi connectivity index (χ3v) is 10.9. The first-order valence-electron chi connectivity index (χ1n) is 16.6. The number of rotatable bonds is 14. The molecule has 0 spiro atoms. The van der Waals surface area contributed by atoms with Crippen LogP contribution in [-0.2, 0) is 27.5 Å². The monoisotopic (exact) mass is 832 g/mol. The third kappa shape index (κ3) is 10.2. The van der Waals surface area contributed by atoms with E-state index in [1.165, 1.54) is 18.1 Å². The van der Waals surface area contributed by atoms with Gasteiger partial charge in [0.05, 0.1) is 46.1 Å². The Balaban J connectivity index is 1.71. The lowest BCUT2D eigenvalue weighted by Crippen LogP contribution is -2.55. The Morgan fingerprint density at radius 3 is 2.51 bits per heavy atom. The van der Waals surface area contributed by atoms with Gasteiger partial charge in [-0.25, -0.2) is 0 Å². The van der Waals surface area contributed by atoms with Crippen LogP contribution >= 0.6 is 45.8 Å². The average molecular weight is 834 g/mol. The Labute approximate surface area is 312 Å². The van der Waals surface area contributed by atoms with Crippen LogP contribution in [-0.4, -0.2) is 83.3 Å². The zero-order valence-corrected chi connectivity index (χ0v) is 32.0. The molecule has 0 bridgehead atoms. The number of hydrogen-bond acceptors (Lipinski definition) is 8. The number of nitrogens with zero attached hydrogens (tertiary/aromatic N) is 1. The van der Waals surface area contributed by atoms with Crippen LogP contribution in [0.1, 0.15) is 57.6 Å². The number of amides is 2. The molecular weight excluding hydrogens is 786 g/mol. The number of nitrogens with one attached hydrogen (secondary N) is 1. The van der Waals surface area contributed by atoms with E-state index in [0.29, 0.717) is 54.0 Å². The topological polar surface area (TPSA) is 138 Å². The van der Waals surface area contributed by atoms with Crippen molar-refractivity contribution in [3.63, 3.8) is 0 Å². The summed E-state index contributed by atoms with van der Waals surface area (Å²) in [6, 6.07) is 7.54. The fraction of sp³-hybridized carbons (Fsp3) is 0.556. The summed E-state index contributed by atoms with van der Waals surface area (Å²) in [5.74, 6) is 1.05. The standard InChI is InChI=1S/C36H47Cl2IN2O8/c1-20(2)25-7-5-21(3)11-30(25)48-19-33(44)41(17-22-6-8-26(37)27(38)12-22)29-15-24(36(46)40-9-10-42)16-31(34(29)45)49-35-28(39)13-23(18-43)14-32(35)47-4/h6,8,12-14,16,20-21,25,29-31,34,42-43,45H,5,7,9-11,15,17-19H2,1-4H3,(H,40,46)/t21-,25+,29+,30-,31-,34-/m0/s1. The van der Waals surface area contributed by atoms with E-state index in [0.717, 1.165) is 19.3 Å². The van der Waals surface area contributed by atoms with Gasteiger partial charge >= 0.3 is 0 Å². The van der Waals surface area contributed by atoms with E-state index in [9.17, 15) is 24.9 Å². The molecule has 2 aliphatic carbocycles. The fourth-order valence-electron chi connectivity index (χ4n) is 6.69. The average Bonchev–Trinajstić information content (AvgIpc) is 3.07. The summed E-state index contributed by atoms with van der Waals surface area (Å²) in [4.78, 5) is 29.1. The van der Waals surface area contributed by atoms with Crippen molar-refractivity contribution in [2.75, 3.05) is 26.9 Å². The minimum atomic E-state index is -1.28. The molecule has 4 N–H and O–H groups in total. The summed E-state index contributed by atoms with van der Waals surface area (Å²) in [5, 5.41) is 34.4. The van der Waals surface area contributed by atoms with Crippen LogP contribution in [0.3, 0.4) is 0 Å². The highest BCUT2D eigenvalue weighted by molar-refractivity contribution is 14.1. The molecule has 1 fully saturated rings. The van der Waals surface area contributed by atoms with Gasteiger partial charge in [0, 0.05) is 25.1 Å². The second-order valence-corrected chi connectivity index (χ2v) is 15.2. The van der Waals surface area contributed by atoms with Gasteiger partial charge in [-0.05, 0) is 94.7 Å². The van der Waals surface area contributed by atoms with E-state index in [1.54, 1.807) is 30.3 Å². The molecule has 13 heteroatoms. The van der Waals surface area contributed by atoms with Crippen molar-refractivity contribution in [1.82, 2.24) is 10.2 Å². The molecule has 0 saturated heterocycles. The minimum absolute atomic E-state index is 0.0120. The van der Waals surface area contributed by atoms with Gasteiger partial charge < -0.3 is 39.7 Å². The van der Waals surface area contributed by atoms with Crippen molar-refractivity contribution in [2.45, 2.75) is 84.0 Å². The molecule has 270 valence electrons. The Kier molecular flexibility index (Phi) is 14.9. The maximum absolute atomic E-state index is 14.3. The van der Waals surface area contributed by atoms with Crippen molar-refractivity contribution >= 4 is 57.6 Å². The molecule has 0 aromatic heterocycles. The maximum atomic E-state index is 14.3. The van der Waals surface area contributed by atoms with Gasteiger partial charge in [-0.3, -0.25) is 9.59 Å². The zero-order valence-electron chi connectivity index (χ0n) is 28.3. The van der Waals surface area contributed by atoms with E-state index >= 15 is 0 Å². The van der Waals surface area contributed by atoms with Crippen LogP contribution in [0, 0.1) is 21.3 Å². The molecule has 10 nitrogen and oxygen atoms in total. The van der Waals surface area contributed by atoms with Crippen LogP contribution in [0.25, 0.3) is 0 Å². The normalized spacial score (nSPS) is 23.9. The Morgan fingerprint density at radius 1 is 1.10 bits per heavy atom. The number of carbonyl (C=O) groups is 2. The smallest absolute Gasteiger partial charge is 0.249 e. The van der Waals surface area contributed by atoms with Crippen LogP contribution in [0.5, 0.6) is 11.5 Å². The number of benzene rings is 2. The van der Waals surface area contributed by atoms with Crippen molar-refractivity contribution in [3.05, 3.63) is 66.7 Å². The second-order valence-electron chi connectivity index (χ2n) is 13.2. The molecule has 4 rings (SSSR count). The van der Waals surface area contributed by atoms with Crippen LogP contribution < -0.4 is 14.8 Å². The van der Waals surface area contributed by atoms with Crippen LogP contribution in [0.2, 0.25) is 10.0 Å². The number of hydrogen-bond donors (Lipinski definition) is 4. The van der Waals surface area contributed by atoms with Crippen molar-refractivity contribution in [2.24, 2.45) is 17.8 Å². The highest BCUT2D eigenvalue weighted by Gasteiger charge is 2.42. The van der Waals surface area contributed by atoms with Crippen molar-refractivity contribution in [1.29, 1.82) is 0 Å². The van der Waals surface area contributed by atoms with Crippen molar-refractivity contribution < 1.29 is 39.1 Å². The molecule has 1 saturated carbocycles. The molecule has 0 heterocycles. The quantitative estimate of drug-likeness (QED) is 0.183. The first-order valence-corrected chi connectivity index (χ1v) is 18.5. The molecule has 6 atom stereocenters. The number of methoxy groups -OCH3 is 1. The summed E-state index contributed by atoms with van der Waals surface area (Å²) in [6.45, 7) is 5.97. The first-order chi connectivity index (χ1) is 23.4. The number of halogens is 3. The molecular formula is C36H47Cl2IN2O8. The fourth-order valence-corrected chi connectivity index (χ4v) is 7.80. The molecule has 2 aromatic carbocycles. The van der Waals surface area contributed by atoms with Gasteiger partial charge in [0.1, 0.15) is 18.8 Å². The molecule has 0 radical (unpaired) electrons. The van der Waals surface area contributed by atoms with Crippen LogP contribution in [0.4, 0.5) is 0 Å². The van der Waals surface area contributed by atoms with Gasteiger partial charge in [-0.1, -0.05) is 56.5 Å². The van der Waals surface area contributed by atoms with E-state index in [-0.39, 0.29) is 56.9 Å². The van der Waals surface area contributed by atoms with E-state index in [1.807, 2.05) is 0 Å². The predicted octanol–water partition coefficient (Wildman–Crippen LogP) is 5.52. The Bertz CT molecular complexity index is 1490. The van der Waals surface area contributed by atoms with E-state index < -0.39 is 24.2 Å². The van der Waals surface area contributed by atoms with Gasteiger partial charge in [0.2, 0.25) is 11.8 Å². The summed E-state index contributed by atoms with van der Waals surface area (Å²) < 4.78 is 18.9. The number of aliphatic hydroxyl groups excluding tert-OH is 3. The zero-order chi connectivity index (χ0) is 35.8. The summed E-state index contributed by atoms with van der Waals surface area (Å²) in [7, 11) is 1.47. The Hall–Kier alpha value is -2.13. The first kappa shape index (κ1) is 39.7. The van der Waals surface area contributed by atoms with E-state index in [4.69, 9.17) is 37.4 Å². The van der Waals surface area contributed by atoms with Gasteiger partial charge in [-0.2, -0.15) is 0 Å². The Morgan fingerprint density at radius 2 is 1.86 bits per heavy atom. The molecule has 49 heavy (non-hydrogen) atoms. The minimum Gasteiger partial charge on any atom is -0.493 e. The molecule has 0 unspecified atom stereocenters. The molecule has 2 aliphatic rings. The summed E-state index contributed by atoms with van der Waals surface area (Å²) >= 11 is 14.6. The largest absolute Gasteiger partial charge is 0.493 e. The molecule has 2 aromatic rings.